The van der Waals surface area contributed by atoms with Gasteiger partial charge >= 0.3 is 6.03 Å². The lowest BCUT2D eigenvalue weighted by Crippen LogP contribution is -2.27. The lowest BCUT2D eigenvalue weighted by Gasteiger charge is -2.16. The van der Waals surface area contributed by atoms with E-state index >= 15 is 0 Å². The van der Waals surface area contributed by atoms with Gasteiger partial charge in [0.1, 0.15) is 0 Å². The van der Waals surface area contributed by atoms with Crippen molar-refractivity contribution in [1.82, 2.24) is 5.32 Å². The second-order valence-corrected chi connectivity index (χ2v) is 5.21. The van der Waals surface area contributed by atoms with Gasteiger partial charge in [-0.1, -0.05) is 30.3 Å². The molecule has 108 valence electrons. The van der Waals surface area contributed by atoms with E-state index in [0.29, 0.717) is 6.54 Å². The smallest absolute Gasteiger partial charge is 0.321 e. The summed E-state index contributed by atoms with van der Waals surface area (Å²) in [6.07, 6.45) is 0. The number of carbonyl (C=O) groups is 1. The largest absolute Gasteiger partial charge is 0.381 e. The molecule has 0 bridgehead atoms. The van der Waals surface area contributed by atoms with Gasteiger partial charge in [0.25, 0.3) is 0 Å². The van der Waals surface area contributed by atoms with Crippen LogP contribution in [0.3, 0.4) is 0 Å². The molecule has 0 saturated carbocycles. The van der Waals surface area contributed by atoms with Crippen molar-refractivity contribution in [3.63, 3.8) is 0 Å². The summed E-state index contributed by atoms with van der Waals surface area (Å²) in [4.78, 5) is 13.5. The number of hydrogen-bond acceptors (Lipinski definition) is 2. The molecule has 1 saturated heterocycles. The van der Waals surface area contributed by atoms with Gasteiger partial charge in [-0.05, 0) is 36.2 Å². The number of nitrogens with one attached hydrogen (secondary N) is 2. The molecule has 1 aliphatic rings. The van der Waals surface area contributed by atoms with Crippen molar-refractivity contribution >= 4 is 17.4 Å². The maximum atomic E-state index is 11.7. The molecule has 3 rings (SSSR count). The molecule has 4 nitrogen and oxygen atoms in total. The van der Waals surface area contributed by atoms with E-state index in [9.17, 15) is 4.79 Å². The fraction of sp³-hybridized carbons (Fsp3) is 0.235. The second-order valence-electron chi connectivity index (χ2n) is 5.21. The van der Waals surface area contributed by atoms with Crippen LogP contribution in [0, 0.1) is 6.92 Å². The Morgan fingerprint density at radius 3 is 2.81 bits per heavy atom. The molecule has 0 aromatic heterocycles. The quantitative estimate of drug-likeness (QED) is 0.904. The van der Waals surface area contributed by atoms with Gasteiger partial charge in [-0.2, -0.15) is 0 Å². The van der Waals surface area contributed by atoms with Crippen LogP contribution in [0.2, 0.25) is 0 Å². The van der Waals surface area contributed by atoms with Gasteiger partial charge in [-0.3, -0.25) is 4.90 Å². The highest BCUT2D eigenvalue weighted by molar-refractivity contribution is 5.94. The van der Waals surface area contributed by atoms with Crippen LogP contribution in [0.1, 0.15) is 11.1 Å². The summed E-state index contributed by atoms with van der Waals surface area (Å²) in [6.45, 7) is 4.32. The number of nitrogens with zero attached hydrogens (tertiary/aromatic N) is 1. The molecule has 1 fully saturated rings. The second kappa shape index (κ2) is 5.87. The van der Waals surface area contributed by atoms with Gasteiger partial charge in [0.2, 0.25) is 0 Å². The summed E-state index contributed by atoms with van der Waals surface area (Å²) < 4.78 is 0. The Hall–Kier alpha value is -2.49. The van der Waals surface area contributed by atoms with Crippen LogP contribution >= 0.6 is 0 Å². The van der Waals surface area contributed by atoms with E-state index in [-0.39, 0.29) is 6.03 Å². The Bertz CT molecular complexity index is 654. The Morgan fingerprint density at radius 1 is 1.19 bits per heavy atom. The number of hydrogen-bond donors (Lipinski definition) is 2. The Balaban J connectivity index is 1.72. The third kappa shape index (κ3) is 2.99. The molecule has 0 atom stereocenters. The van der Waals surface area contributed by atoms with Crippen molar-refractivity contribution in [3.8, 4) is 0 Å². The average Bonchev–Trinajstić information content (AvgIpc) is 2.93. The molecule has 2 aromatic rings. The number of benzene rings is 2. The van der Waals surface area contributed by atoms with E-state index in [2.05, 4.69) is 35.8 Å². The van der Waals surface area contributed by atoms with E-state index < -0.39 is 0 Å². The maximum absolute atomic E-state index is 11.7. The number of anilines is 2. The van der Waals surface area contributed by atoms with E-state index in [1.807, 2.05) is 30.3 Å². The molecule has 2 N–H and O–H groups in total. The predicted octanol–water partition coefficient (Wildman–Crippen LogP) is 3.14. The maximum Gasteiger partial charge on any atom is 0.321 e. The minimum Gasteiger partial charge on any atom is -0.381 e. The average molecular weight is 281 g/mol. The summed E-state index contributed by atoms with van der Waals surface area (Å²) in [7, 11) is 0. The van der Waals surface area contributed by atoms with Gasteiger partial charge in [-0.25, -0.2) is 4.79 Å². The van der Waals surface area contributed by atoms with Crippen molar-refractivity contribution in [3.05, 3.63) is 59.7 Å². The van der Waals surface area contributed by atoms with Gasteiger partial charge in [0, 0.05) is 31.0 Å². The summed E-state index contributed by atoms with van der Waals surface area (Å²) in [5.74, 6) is 0. The molecule has 4 heteroatoms. The fourth-order valence-corrected chi connectivity index (χ4v) is 2.51. The molecule has 0 spiro atoms. The van der Waals surface area contributed by atoms with Gasteiger partial charge < -0.3 is 10.6 Å². The molecule has 0 unspecified atom stereocenters. The molecule has 0 aliphatic carbocycles. The van der Waals surface area contributed by atoms with Crippen molar-refractivity contribution in [2.75, 3.05) is 23.3 Å². The standard InChI is InChI=1S/C17H19N3O/c1-13-5-2-3-6-14(13)12-19-15-7-4-8-16(11-15)20-10-9-18-17(20)21/h2-8,11,19H,9-10,12H2,1H3,(H,18,21). The highest BCUT2D eigenvalue weighted by Crippen LogP contribution is 2.21. The number of carbonyl (C=O) groups excluding carboxylic acids is 1. The molecule has 0 radical (unpaired) electrons. The first kappa shape index (κ1) is 13.5. The van der Waals surface area contributed by atoms with E-state index in [1.54, 1.807) is 4.90 Å². The Labute approximate surface area is 124 Å². The third-order valence-electron chi connectivity index (χ3n) is 3.76. The first-order chi connectivity index (χ1) is 10.2. The third-order valence-corrected chi connectivity index (χ3v) is 3.76. The minimum atomic E-state index is -0.0222. The van der Waals surface area contributed by atoms with Crippen molar-refractivity contribution in [2.45, 2.75) is 13.5 Å². The van der Waals surface area contributed by atoms with Crippen LogP contribution in [-0.4, -0.2) is 19.1 Å². The lowest BCUT2D eigenvalue weighted by molar-refractivity contribution is 0.252. The molecule has 2 amide bonds. The van der Waals surface area contributed by atoms with Gasteiger partial charge in [0.05, 0.1) is 0 Å². The topological polar surface area (TPSA) is 44.4 Å². The van der Waals surface area contributed by atoms with Crippen LogP contribution in [0.25, 0.3) is 0 Å². The summed E-state index contributed by atoms with van der Waals surface area (Å²) in [6, 6.07) is 16.3. The molecule has 1 heterocycles. The molecule has 2 aromatic carbocycles. The summed E-state index contributed by atoms with van der Waals surface area (Å²) in [5, 5.41) is 6.24. The zero-order valence-corrected chi connectivity index (χ0v) is 12.1. The Morgan fingerprint density at radius 2 is 2.05 bits per heavy atom. The first-order valence-corrected chi connectivity index (χ1v) is 7.18. The minimum absolute atomic E-state index is 0.0222. The summed E-state index contributed by atoms with van der Waals surface area (Å²) in [5.41, 5.74) is 4.51. The van der Waals surface area contributed by atoms with Crippen LogP contribution in [0.15, 0.2) is 48.5 Å². The number of rotatable bonds is 4. The zero-order valence-electron chi connectivity index (χ0n) is 12.1. The predicted molar refractivity (Wildman–Crippen MR) is 85.7 cm³/mol. The number of amides is 2. The van der Waals surface area contributed by atoms with E-state index in [4.69, 9.17) is 0 Å². The monoisotopic (exact) mass is 281 g/mol. The first-order valence-electron chi connectivity index (χ1n) is 7.18. The molecule has 1 aliphatic heterocycles. The van der Waals surface area contributed by atoms with Crippen LogP contribution in [-0.2, 0) is 6.54 Å². The van der Waals surface area contributed by atoms with Crippen molar-refractivity contribution < 1.29 is 4.79 Å². The van der Waals surface area contributed by atoms with Crippen LogP contribution < -0.4 is 15.5 Å². The fourth-order valence-electron chi connectivity index (χ4n) is 2.51. The summed E-state index contributed by atoms with van der Waals surface area (Å²) >= 11 is 0. The zero-order chi connectivity index (χ0) is 14.7. The molecular weight excluding hydrogens is 262 g/mol. The SMILES string of the molecule is Cc1ccccc1CNc1cccc(N2CCNC2=O)c1. The highest BCUT2D eigenvalue weighted by Gasteiger charge is 2.20. The van der Waals surface area contributed by atoms with Crippen molar-refractivity contribution in [2.24, 2.45) is 0 Å². The normalized spacial score (nSPS) is 14.1. The molecular formula is C17H19N3O. The Kier molecular flexibility index (Phi) is 3.77. The number of aryl methyl sites for hydroxylation is 1. The van der Waals surface area contributed by atoms with E-state index in [1.165, 1.54) is 11.1 Å². The van der Waals surface area contributed by atoms with Gasteiger partial charge in [-0.15, -0.1) is 0 Å². The molecule has 21 heavy (non-hydrogen) atoms. The van der Waals surface area contributed by atoms with Crippen LogP contribution in [0.5, 0.6) is 0 Å². The van der Waals surface area contributed by atoms with E-state index in [0.717, 1.165) is 24.5 Å². The van der Waals surface area contributed by atoms with Crippen molar-refractivity contribution in [1.29, 1.82) is 0 Å². The number of urea groups is 1. The van der Waals surface area contributed by atoms with Crippen LogP contribution in [0.4, 0.5) is 16.2 Å². The highest BCUT2D eigenvalue weighted by atomic mass is 16.2. The lowest BCUT2D eigenvalue weighted by atomic mass is 10.1. The van der Waals surface area contributed by atoms with Gasteiger partial charge in [0.15, 0.2) is 0 Å².